The SMILES string of the molecule is Cc1cccc(C(N)CCc2ccsc2)c1Cl. The highest BCUT2D eigenvalue weighted by Crippen LogP contribution is 2.27. The molecule has 0 saturated carbocycles. The van der Waals surface area contributed by atoms with E-state index in [1.165, 1.54) is 5.56 Å². The lowest BCUT2D eigenvalue weighted by Gasteiger charge is -2.14. The zero-order chi connectivity index (χ0) is 12.3. The number of thiophene rings is 1. The van der Waals surface area contributed by atoms with Crippen molar-refractivity contribution in [1.82, 2.24) is 0 Å². The lowest BCUT2D eigenvalue weighted by atomic mass is 9.99. The van der Waals surface area contributed by atoms with Crippen LogP contribution in [-0.4, -0.2) is 0 Å². The van der Waals surface area contributed by atoms with Gasteiger partial charge in [-0.3, -0.25) is 0 Å². The van der Waals surface area contributed by atoms with Crippen LogP contribution in [0.25, 0.3) is 0 Å². The molecule has 0 fully saturated rings. The van der Waals surface area contributed by atoms with Crippen molar-refractivity contribution >= 4 is 22.9 Å². The van der Waals surface area contributed by atoms with Crippen molar-refractivity contribution in [3.8, 4) is 0 Å². The maximum Gasteiger partial charge on any atom is 0.0482 e. The van der Waals surface area contributed by atoms with Crippen molar-refractivity contribution in [3.05, 3.63) is 56.7 Å². The van der Waals surface area contributed by atoms with E-state index in [0.717, 1.165) is 29.0 Å². The lowest BCUT2D eigenvalue weighted by molar-refractivity contribution is 0.652. The van der Waals surface area contributed by atoms with Gasteiger partial charge in [0.2, 0.25) is 0 Å². The average Bonchev–Trinajstić information content (AvgIpc) is 2.82. The van der Waals surface area contributed by atoms with Gasteiger partial charge in [-0.05, 0) is 53.3 Å². The quantitative estimate of drug-likeness (QED) is 0.874. The molecule has 0 aliphatic rings. The summed E-state index contributed by atoms with van der Waals surface area (Å²) in [6.07, 6.45) is 1.94. The molecule has 0 radical (unpaired) electrons. The number of halogens is 1. The van der Waals surface area contributed by atoms with Gasteiger partial charge in [-0.1, -0.05) is 29.8 Å². The van der Waals surface area contributed by atoms with E-state index < -0.39 is 0 Å². The van der Waals surface area contributed by atoms with E-state index in [0.29, 0.717) is 0 Å². The van der Waals surface area contributed by atoms with Crippen molar-refractivity contribution in [2.45, 2.75) is 25.8 Å². The summed E-state index contributed by atoms with van der Waals surface area (Å²) in [5.41, 5.74) is 9.71. The summed E-state index contributed by atoms with van der Waals surface area (Å²) in [6, 6.07) is 8.21. The van der Waals surface area contributed by atoms with Crippen LogP contribution in [0.15, 0.2) is 35.0 Å². The molecule has 0 amide bonds. The summed E-state index contributed by atoms with van der Waals surface area (Å²) >= 11 is 8.00. The maximum atomic E-state index is 6.27. The number of aryl methyl sites for hydroxylation is 2. The largest absolute Gasteiger partial charge is 0.324 e. The topological polar surface area (TPSA) is 26.0 Å². The summed E-state index contributed by atoms with van der Waals surface area (Å²) in [7, 11) is 0. The molecule has 1 heterocycles. The van der Waals surface area contributed by atoms with E-state index in [2.05, 4.69) is 16.8 Å². The number of rotatable bonds is 4. The van der Waals surface area contributed by atoms with Crippen LogP contribution in [0.3, 0.4) is 0 Å². The number of benzene rings is 1. The standard InChI is InChI=1S/C14H16ClNS/c1-10-3-2-4-12(14(10)15)13(16)6-5-11-7-8-17-9-11/h2-4,7-9,13H,5-6,16H2,1H3. The zero-order valence-electron chi connectivity index (χ0n) is 9.82. The van der Waals surface area contributed by atoms with Crippen LogP contribution >= 0.6 is 22.9 Å². The normalized spacial score (nSPS) is 12.6. The summed E-state index contributed by atoms with van der Waals surface area (Å²) < 4.78 is 0. The molecule has 3 heteroatoms. The Labute approximate surface area is 111 Å². The highest BCUT2D eigenvalue weighted by molar-refractivity contribution is 7.07. The molecule has 1 unspecified atom stereocenters. The zero-order valence-corrected chi connectivity index (χ0v) is 11.4. The first-order valence-electron chi connectivity index (χ1n) is 5.70. The Morgan fingerprint density at radius 1 is 1.35 bits per heavy atom. The molecule has 1 aromatic carbocycles. The molecule has 1 atom stereocenters. The molecule has 0 aliphatic carbocycles. The Morgan fingerprint density at radius 3 is 2.88 bits per heavy atom. The van der Waals surface area contributed by atoms with E-state index in [1.807, 2.05) is 25.1 Å². The van der Waals surface area contributed by atoms with Gasteiger partial charge in [0.25, 0.3) is 0 Å². The Balaban J connectivity index is 2.04. The van der Waals surface area contributed by atoms with Gasteiger partial charge in [0.05, 0.1) is 0 Å². The van der Waals surface area contributed by atoms with E-state index >= 15 is 0 Å². The molecule has 17 heavy (non-hydrogen) atoms. The van der Waals surface area contributed by atoms with Gasteiger partial charge in [-0.15, -0.1) is 0 Å². The Kier molecular flexibility index (Phi) is 4.21. The minimum Gasteiger partial charge on any atom is -0.324 e. The Morgan fingerprint density at radius 2 is 2.18 bits per heavy atom. The van der Waals surface area contributed by atoms with Gasteiger partial charge in [0.15, 0.2) is 0 Å². The van der Waals surface area contributed by atoms with Gasteiger partial charge < -0.3 is 5.73 Å². The third-order valence-electron chi connectivity index (χ3n) is 2.95. The van der Waals surface area contributed by atoms with E-state index in [4.69, 9.17) is 17.3 Å². The van der Waals surface area contributed by atoms with Crippen molar-refractivity contribution in [3.63, 3.8) is 0 Å². The number of hydrogen-bond acceptors (Lipinski definition) is 2. The number of hydrogen-bond donors (Lipinski definition) is 1. The maximum absolute atomic E-state index is 6.27. The summed E-state index contributed by atoms with van der Waals surface area (Å²) in [4.78, 5) is 0. The van der Waals surface area contributed by atoms with Crippen LogP contribution in [0, 0.1) is 6.92 Å². The third-order valence-corrected chi connectivity index (χ3v) is 4.19. The van der Waals surface area contributed by atoms with Crippen LogP contribution in [-0.2, 0) is 6.42 Å². The Bertz CT molecular complexity index is 479. The fourth-order valence-electron chi connectivity index (χ4n) is 1.87. The van der Waals surface area contributed by atoms with Crippen LogP contribution in [0.2, 0.25) is 5.02 Å². The van der Waals surface area contributed by atoms with Gasteiger partial charge >= 0.3 is 0 Å². The molecule has 0 spiro atoms. The smallest absolute Gasteiger partial charge is 0.0482 e. The molecule has 2 N–H and O–H groups in total. The fraction of sp³-hybridized carbons (Fsp3) is 0.286. The molecule has 0 aliphatic heterocycles. The van der Waals surface area contributed by atoms with E-state index in [9.17, 15) is 0 Å². The second kappa shape index (κ2) is 5.67. The highest BCUT2D eigenvalue weighted by atomic mass is 35.5. The molecule has 1 nitrogen and oxygen atoms in total. The third kappa shape index (κ3) is 3.09. The first kappa shape index (κ1) is 12.6. The van der Waals surface area contributed by atoms with Crippen molar-refractivity contribution < 1.29 is 0 Å². The molecular formula is C14H16ClNS. The van der Waals surface area contributed by atoms with Crippen molar-refractivity contribution in [1.29, 1.82) is 0 Å². The number of nitrogens with two attached hydrogens (primary N) is 1. The molecule has 1 aromatic heterocycles. The van der Waals surface area contributed by atoms with Gasteiger partial charge in [-0.25, -0.2) is 0 Å². The summed E-state index contributed by atoms with van der Waals surface area (Å²) in [6.45, 7) is 2.01. The second-order valence-electron chi connectivity index (χ2n) is 4.25. The van der Waals surface area contributed by atoms with Crippen molar-refractivity contribution in [2.24, 2.45) is 5.73 Å². The predicted molar refractivity (Wildman–Crippen MR) is 75.8 cm³/mol. The minimum atomic E-state index is 0.0160. The summed E-state index contributed by atoms with van der Waals surface area (Å²) in [5.74, 6) is 0. The summed E-state index contributed by atoms with van der Waals surface area (Å²) in [5, 5.41) is 5.08. The fourth-order valence-corrected chi connectivity index (χ4v) is 2.84. The Hall–Kier alpha value is -0.830. The van der Waals surface area contributed by atoms with Crippen LogP contribution in [0.4, 0.5) is 0 Å². The van der Waals surface area contributed by atoms with Gasteiger partial charge in [0, 0.05) is 11.1 Å². The molecule has 2 rings (SSSR count). The van der Waals surface area contributed by atoms with Gasteiger partial charge in [-0.2, -0.15) is 11.3 Å². The van der Waals surface area contributed by atoms with E-state index in [-0.39, 0.29) is 6.04 Å². The van der Waals surface area contributed by atoms with Gasteiger partial charge in [0.1, 0.15) is 0 Å². The van der Waals surface area contributed by atoms with Crippen LogP contribution in [0.5, 0.6) is 0 Å². The predicted octanol–water partition coefficient (Wildman–Crippen LogP) is 4.34. The molecule has 2 aromatic rings. The first-order chi connectivity index (χ1) is 8.18. The first-order valence-corrected chi connectivity index (χ1v) is 7.02. The molecule has 0 saturated heterocycles. The molecule has 90 valence electrons. The van der Waals surface area contributed by atoms with Crippen LogP contribution in [0.1, 0.15) is 29.2 Å². The molecule has 0 bridgehead atoms. The van der Waals surface area contributed by atoms with E-state index in [1.54, 1.807) is 11.3 Å². The highest BCUT2D eigenvalue weighted by Gasteiger charge is 2.11. The minimum absolute atomic E-state index is 0.0160. The molecular weight excluding hydrogens is 250 g/mol. The van der Waals surface area contributed by atoms with Crippen molar-refractivity contribution in [2.75, 3.05) is 0 Å². The van der Waals surface area contributed by atoms with Crippen LogP contribution < -0.4 is 5.73 Å². The average molecular weight is 266 g/mol. The monoisotopic (exact) mass is 265 g/mol. The lowest BCUT2D eigenvalue weighted by Crippen LogP contribution is -2.12. The second-order valence-corrected chi connectivity index (χ2v) is 5.41.